The summed E-state index contributed by atoms with van der Waals surface area (Å²) in [5.41, 5.74) is 3.12. The van der Waals surface area contributed by atoms with Crippen molar-refractivity contribution in [1.82, 2.24) is 0 Å². The minimum Gasteiger partial charge on any atom is -0.488 e. The topological polar surface area (TPSA) is 86.6 Å². The minimum absolute atomic E-state index is 0.00604. The molecule has 0 radical (unpaired) electrons. The van der Waals surface area contributed by atoms with E-state index in [1.54, 1.807) is 0 Å². The van der Waals surface area contributed by atoms with Gasteiger partial charge < -0.3 is 33.9 Å². The maximum absolute atomic E-state index is 11.1. The maximum Gasteiger partial charge on any atom is 0.155 e. The summed E-state index contributed by atoms with van der Waals surface area (Å²) in [6, 6.07) is 23.8. The summed E-state index contributed by atoms with van der Waals surface area (Å²) in [5, 5.41) is 21.8. The van der Waals surface area contributed by atoms with E-state index in [0.29, 0.717) is 43.4 Å². The highest BCUT2D eigenvalue weighted by molar-refractivity contribution is 9.13. The van der Waals surface area contributed by atoms with Gasteiger partial charge in [0.15, 0.2) is 11.5 Å². The molecule has 0 aliphatic rings. The van der Waals surface area contributed by atoms with Gasteiger partial charge in [-0.05, 0) is 286 Å². The molecule has 0 heterocycles. The Kier molecular flexibility index (Phi) is 21.8. The standard InChI is InChI=1S/C48H36Br14O7/c1-47(2,22-7-31(53)42(32(54)8-22)67-19-28(64)20-68-44-37(59)13-25(49)14-38(44)60)21-5-29(51)41(30(52)6-21)65-17-27(63)18-66-43-33(55)9-23(10-34(43)56)48(3,4)24-11-35(57)45(36(58)12-24)69-46-39(61)15-26(50)16-40(46)62/h5-16,27-28,63-64H,17-20H2,1-4H3. The Morgan fingerprint density at radius 2 is 0.493 bits per heavy atom. The van der Waals surface area contributed by atoms with E-state index < -0.39 is 23.0 Å². The molecular formula is C48H36Br14O7. The molecule has 0 amide bonds. The molecule has 2 atom stereocenters. The van der Waals surface area contributed by atoms with E-state index in [-0.39, 0.29) is 26.4 Å². The molecule has 0 fully saturated rings. The minimum atomic E-state index is -0.955. The first-order valence-electron chi connectivity index (χ1n) is 20.1. The molecule has 21 heteroatoms. The van der Waals surface area contributed by atoms with E-state index in [9.17, 15) is 10.2 Å². The third-order valence-corrected chi connectivity index (χ3v) is 18.7. The molecule has 0 saturated heterocycles. The molecule has 7 nitrogen and oxygen atoms in total. The van der Waals surface area contributed by atoms with E-state index in [1.807, 2.05) is 60.7 Å². The van der Waals surface area contributed by atoms with Gasteiger partial charge in [-0.25, -0.2) is 0 Å². The summed E-state index contributed by atoms with van der Waals surface area (Å²) in [5.74, 6) is 3.53. The highest BCUT2D eigenvalue weighted by atomic mass is 79.9. The van der Waals surface area contributed by atoms with Crippen LogP contribution in [0.25, 0.3) is 0 Å². The van der Waals surface area contributed by atoms with Crippen LogP contribution in [-0.4, -0.2) is 48.8 Å². The van der Waals surface area contributed by atoms with Crippen molar-refractivity contribution in [3.8, 4) is 34.5 Å². The van der Waals surface area contributed by atoms with Crippen LogP contribution in [0.5, 0.6) is 34.5 Å². The van der Waals surface area contributed by atoms with Gasteiger partial charge in [0.2, 0.25) is 0 Å². The molecule has 0 bridgehead atoms. The van der Waals surface area contributed by atoms with E-state index in [2.05, 4.69) is 263 Å². The van der Waals surface area contributed by atoms with Crippen LogP contribution in [0.15, 0.2) is 135 Å². The lowest BCUT2D eigenvalue weighted by molar-refractivity contribution is 0.0615. The number of hydrogen-bond acceptors (Lipinski definition) is 7. The lowest BCUT2D eigenvalue weighted by Crippen LogP contribution is -2.26. The number of rotatable bonds is 18. The lowest BCUT2D eigenvalue weighted by Gasteiger charge is -2.29. The van der Waals surface area contributed by atoms with Gasteiger partial charge in [-0.3, -0.25) is 0 Å². The van der Waals surface area contributed by atoms with Gasteiger partial charge in [-0.2, -0.15) is 0 Å². The fraction of sp³-hybridized carbons (Fsp3) is 0.250. The van der Waals surface area contributed by atoms with Crippen LogP contribution in [0, 0.1) is 0 Å². The smallest absolute Gasteiger partial charge is 0.155 e. The number of ether oxygens (including phenoxy) is 5. The van der Waals surface area contributed by atoms with Gasteiger partial charge in [-0.1, -0.05) is 59.6 Å². The van der Waals surface area contributed by atoms with Gasteiger partial charge in [0, 0.05) is 19.8 Å². The zero-order valence-corrected chi connectivity index (χ0v) is 58.3. The van der Waals surface area contributed by atoms with Gasteiger partial charge >= 0.3 is 0 Å². The van der Waals surface area contributed by atoms with E-state index in [0.717, 1.165) is 75.9 Å². The third-order valence-electron chi connectivity index (χ3n) is 10.7. The molecule has 2 unspecified atom stereocenters. The van der Waals surface area contributed by atoms with Crippen molar-refractivity contribution in [3.05, 3.63) is 158 Å². The molecule has 0 aliphatic carbocycles. The Labute approximate surface area is 518 Å². The molecule has 0 saturated carbocycles. The second kappa shape index (κ2) is 25.4. The summed E-state index contributed by atoms with van der Waals surface area (Å²) in [6.45, 7) is 8.52. The second-order valence-electron chi connectivity index (χ2n) is 16.4. The average molecular weight is 1840 g/mol. The van der Waals surface area contributed by atoms with E-state index in [4.69, 9.17) is 23.7 Å². The molecule has 6 rings (SSSR count). The molecule has 0 aliphatic heterocycles. The molecule has 0 aromatic heterocycles. The highest BCUT2D eigenvalue weighted by Gasteiger charge is 2.30. The lowest BCUT2D eigenvalue weighted by atomic mass is 9.78. The summed E-state index contributed by atoms with van der Waals surface area (Å²) in [7, 11) is 0. The SMILES string of the molecule is CC(C)(c1cc(Br)c(OCC(O)COc2c(Br)cc(Br)cc2Br)c(Br)c1)c1cc(Br)c(OCC(O)COc2c(Br)cc(C(C)(C)c3cc(Br)c(Oc4c(Br)cc(Br)cc4Br)c(Br)c3)cc2Br)c(Br)c1. The molecule has 0 spiro atoms. The summed E-state index contributed by atoms with van der Waals surface area (Å²) < 4.78 is 41.4. The monoisotopic (exact) mass is 1830 g/mol. The third kappa shape index (κ3) is 14.7. The van der Waals surface area contributed by atoms with E-state index >= 15 is 0 Å². The average Bonchev–Trinajstić information content (AvgIpc) is 3.24. The van der Waals surface area contributed by atoms with Gasteiger partial charge in [-0.15, -0.1) is 0 Å². The van der Waals surface area contributed by atoms with Crippen LogP contribution in [0.1, 0.15) is 49.9 Å². The molecule has 6 aromatic rings. The maximum atomic E-state index is 11.1. The van der Waals surface area contributed by atoms with Crippen molar-refractivity contribution in [3.63, 3.8) is 0 Å². The summed E-state index contributed by atoms with van der Waals surface area (Å²) >= 11 is 50.9. The van der Waals surface area contributed by atoms with Crippen molar-refractivity contribution >= 4 is 223 Å². The first kappa shape index (κ1) is 59.2. The Bertz CT molecular complexity index is 2750. The van der Waals surface area contributed by atoms with Gasteiger partial charge in [0.25, 0.3) is 0 Å². The quantitative estimate of drug-likeness (QED) is 0.0887. The first-order chi connectivity index (χ1) is 32.3. The number of halogens is 14. The molecule has 368 valence electrons. The number of hydrogen-bond donors (Lipinski definition) is 2. The Morgan fingerprint density at radius 3 is 0.710 bits per heavy atom. The fourth-order valence-corrected chi connectivity index (χ4v) is 17.2. The second-order valence-corrected chi connectivity index (χ2v) is 28.5. The molecule has 69 heavy (non-hydrogen) atoms. The first-order valence-corrected chi connectivity index (χ1v) is 31.2. The number of aliphatic hydroxyl groups is 2. The van der Waals surface area contributed by atoms with Crippen molar-refractivity contribution < 1.29 is 33.9 Å². The zero-order valence-electron chi connectivity index (χ0n) is 36.1. The van der Waals surface area contributed by atoms with Crippen molar-refractivity contribution in [1.29, 1.82) is 0 Å². The summed E-state index contributed by atoms with van der Waals surface area (Å²) in [4.78, 5) is 0. The van der Waals surface area contributed by atoms with Crippen LogP contribution in [-0.2, 0) is 10.8 Å². The largest absolute Gasteiger partial charge is 0.488 e. The number of benzene rings is 6. The van der Waals surface area contributed by atoms with Crippen LogP contribution >= 0.6 is 223 Å². The predicted molar refractivity (Wildman–Crippen MR) is 325 cm³/mol. The zero-order chi connectivity index (χ0) is 50.9. The Hall–Kier alpha value is 0.960. The predicted octanol–water partition coefficient (Wildman–Crippen LogP) is 20.4. The van der Waals surface area contributed by atoms with Crippen LogP contribution < -0.4 is 23.7 Å². The normalized spacial score (nSPS) is 12.8. The number of aliphatic hydroxyl groups excluding tert-OH is 2. The molecule has 2 N–H and O–H groups in total. The van der Waals surface area contributed by atoms with Crippen molar-refractivity contribution in [2.45, 2.75) is 50.7 Å². The molecule has 6 aromatic carbocycles. The van der Waals surface area contributed by atoms with Crippen LogP contribution in [0.3, 0.4) is 0 Å². The van der Waals surface area contributed by atoms with Crippen LogP contribution in [0.4, 0.5) is 0 Å². The van der Waals surface area contributed by atoms with Crippen molar-refractivity contribution in [2.24, 2.45) is 0 Å². The summed E-state index contributed by atoms with van der Waals surface area (Å²) in [6.07, 6.45) is -1.85. The Balaban J connectivity index is 1.06. The van der Waals surface area contributed by atoms with Gasteiger partial charge in [0.05, 0.1) is 53.7 Å². The fourth-order valence-electron chi connectivity index (χ4n) is 6.74. The highest BCUT2D eigenvalue weighted by Crippen LogP contribution is 2.49. The van der Waals surface area contributed by atoms with Gasteiger partial charge in [0.1, 0.15) is 61.6 Å². The van der Waals surface area contributed by atoms with E-state index in [1.165, 1.54) is 0 Å². The molecular weight excluding hydrogens is 1810 g/mol. The van der Waals surface area contributed by atoms with Crippen LogP contribution in [0.2, 0.25) is 0 Å². The van der Waals surface area contributed by atoms with Crippen molar-refractivity contribution in [2.75, 3.05) is 26.4 Å². The Morgan fingerprint density at radius 1 is 0.319 bits per heavy atom.